The summed E-state index contributed by atoms with van der Waals surface area (Å²) >= 11 is 0. The number of carbonyl (C=O) groups excluding carboxylic acids is 1. The van der Waals surface area contributed by atoms with E-state index in [9.17, 15) is 4.79 Å². The van der Waals surface area contributed by atoms with Crippen LogP contribution < -0.4 is 0 Å². The Morgan fingerprint density at radius 3 is 2.57 bits per heavy atom. The number of aliphatic hydroxyl groups excluding tert-OH is 1. The highest BCUT2D eigenvalue weighted by Gasteiger charge is 2.19. The van der Waals surface area contributed by atoms with E-state index in [0.717, 1.165) is 19.4 Å². The van der Waals surface area contributed by atoms with E-state index in [4.69, 9.17) is 9.84 Å². The molecular formula is C9H16O5. The normalized spacial score (nSPS) is 30.3. The maximum absolute atomic E-state index is 10.0. The van der Waals surface area contributed by atoms with E-state index >= 15 is 0 Å². The van der Waals surface area contributed by atoms with E-state index in [1.54, 1.807) is 6.92 Å². The molecule has 2 rings (SSSR count). The minimum absolute atomic E-state index is 0.0486. The molecule has 2 aliphatic rings. The van der Waals surface area contributed by atoms with E-state index in [0.29, 0.717) is 6.61 Å². The first-order valence-electron chi connectivity index (χ1n) is 4.78. The van der Waals surface area contributed by atoms with Crippen LogP contribution in [0.2, 0.25) is 0 Å². The molecule has 14 heavy (non-hydrogen) atoms. The molecule has 0 amide bonds. The van der Waals surface area contributed by atoms with E-state index in [-0.39, 0.29) is 18.8 Å². The van der Waals surface area contributed by atoms with Gasteiger partial charge in [-0.05, 0) is 19.8 Å². The fourth-order valence-corrected chi connectivity index (χ4v) is 1.21. The van der Waals surface area contributed by atoms with Crippen LogP contribution in [0.4, 0.5) is 4.79 Å². The third-order valence-electron chi connectivity index (χ3n) is 1.96. The van der Waals surface area contributed by atoms with Crippen LogP contribution in [-0.2, 0) is 14.2 Å². The van der Waals surface area contributed by atoms with E-state index in [2.05, 4.69) is 9.47 Å². The third kappa shape index (κ3) is 3.93. The lowest BCUT2D eigenvalue weighted by Gasteiger charge is -2.00. The van der Waals surface area contributed by atoms with Crippen molar-refractivity contribution in [3.05, 3.63) is 0 Å². The molecule has 1 N–H and O–H groups in total. The standard InChI is InChI=1S/C5H10O2.C4H6O3/c6-4-5-2-1-3-7-5;1-3-2-6-4(5)7-3/h5-6H,1-4H2;3H,2H2,1H3. The van der Waals surface area contributed by atoms with E-state index in [1.807, 2.05) is 0 Å². The van der Waals surface area contributed by atoms with Gasteiger partial charge in [-0.25, -0.2) is 4.79 Å². The van der Waals surface area contributed by atoms with Gasteiger partial charge < -0.3 is 19.3 Å². The van der Waals surface area contributed by atoms with Crippen LogP contribution in [0.15, 0.2) is 0 Å². The summed E-state index contributed by atoms with van der Waals surface area (Å²) < 4.78 is 14.0. The maximum Gasteiger partial charge on any atom is 0.508 e. The van der Waals surface area contributed by atoms with Crippen LogP contribution in [0.5, 0.6) is 0 Å². The Labute approximate surface area is 82.9 Å². The van der Waals surface area contributed by atoms with Gasteiger partial charge in [-0.15, -0.1) is 0 Å². The van der Waals surface area contributed by atoms with Crippen LogP contribution in [0, 0.1) is 0 Å². The second kappa shape index (κ2) is 5.82. The molecule has 0 aliphatic carbocycles. The first-order chi connectivity index (χ1) is 6.72. The van der Waals surface area contributed by atoms with Crippen LogP contribution in [0.3, 0.4) is 0 Å². The molecule has 2 heterocycles. The van der Waals surface area contributed by atoms with Crippen molar-refractivity contribution < 1.29 is 24.1 Å². The number of hydrogen-bond donors (Lipinski definition) is 1. The van der Waals surface area contributed by atoms with Crippen LogP contribution in [-0.4, -0.2) is 43.3 Å². The van der Waals surface area contributed by atoms with Crippen molar-refractivity contribution in [2.24, 2.45) is 0 Å². The molecule has 0 saturated carbocycles. The zero-order valence-corrected chi connectivity index (χ0v) is 8.27. The summed E-state index contributed by atoms with van der Waals surface area (Å²) in [5.74, 6) is 0. The molecule has 0 aromatic rings. The monoisotopic (exact) mass is 204 g/mol. The Kier molecular flexibility index (Phi) is 4.69. The lowest BCUT2D eigenvalue weighted by Crippen LogP contribution is -2.09. The number of carbonyl (C=O) groups is 1. The number of rotatable bonds is 1. The predicted octanol–water partition coefficient (Wildman–Crippen LogP) is 0.699. The number of hydrogen-bond acceptors (Lipinski definition) is 5. The maximum atomic E-state index is 10.0. The van der Waals surface area contributed by atoms with Crippen molar-refractivity contribution in [1.82, 2.24) is 0 Å². The van der Waals surface area contributed by atoms with Gasteiger partial charge in [0.05, 0.1) is 12.7 Å². The van der Waals surface area contributed by atoms with Gasteiger partial charge in [-0.2, -0.15) is 0 Å². The Bertz CT molecular complexity index is 176. The van der Waals surface area contributed by atoms with Crippen LogP contribution >= 0.6 is 0 Å². The molecule has 0 radical (unpaired) electrons. The molecule has 2 aliphatic heterocycles. The molecule has 5 nitrogen and oxygen atoms in total. The van der Waals surface area contributed by atoms with Gasteiger partial charge in [0, 0.05) is 6.61 Å². The molecule has 2 atom stereocenters. The Balaban J connectivity index is 0.000000140. The number of ether oxygens (including phenoxy) is 3. The predicted molar refractivity (Wildman–Crippen MR) is 48.0 cm³/mol. The largest absolute Gasteiger partial charge is 0.508 e. The summed E-state index contributed by atoms with van der Waals surface area (Å²) in [6.45, 7) is 3.22. The lowest BCUT2D eigenvalue weighted by molar-refractivity contribution is 0.0591. The SMILES string of the molecule is CC1COC(=O)O1.OCC1CCCO1. The summed E-state index contributed by atoms with van der Waals surface area (Å²) in [6.07, 6.45) is 1.71. The summed E-state index contributed by atoms with van der Waals surface area (Å²) in [6, 6.07) is 0. The second-order valence-corrected chi connectivity index (χ2v) is 3.31. The zero-order chi connectivity index (χ0) is 10.4. The molecule has 82 valence electrons. The fraction of sp³-hybridized carbons (Fsp3) is 0.889. The van der Waals surface area contributed by atoms with E-state index in [1.165, 1.54) is 0 Å². The fourth-order valence-electron chi connectivity index (χ4n) is 1.21. The minimum Gasteiger partial charge on any atom is -0.430 e. The van der Waals surface area contributed by atoms with Crippen LogP contribution in [0.1, 0.15) is 19.8 Å². The van der Waals surface area contributed by atoms with Gasteiger partial charge in [0.1, 0.15) is 12.7 Å². The minimum atomic E-state index is -0.549. The molecule has 2 fully saturated rings. The molecule has 0 aromatic heterocycles. The Hall–Kier alpha value is -0.810. The van der Waals surface area contributed by atoms with Crippen LogP contribution in [0.25, 0.3) is 0 Å². The van der Waals surface area contributed by atoms with Crippen molar-refractivity contribution in [2.75, 3.05) is 19.8 Å². The first-order valence-corrected chi connectivity index (χ1v) is 4.78. The second-order valence-electron chi connectivity index (χ2n) is 3.31. The number of cyclic esters (lactones) is 2. The molecule has 2 unspecified atom stereocenters. The van der Waals surface area contributed by atoms with Gasteiger partial charge in [-0.1, -0.05) is 0 Å². The lowest BCUT2D eigenvalue weighted by atomic mass is 10.2. The van der Waals surface area contributed by atoms with Gasteiger partial charge in [0.2, 0.25) is 0 Å². The van der Waals surface area contributed by atoms with Gasteiger partial charge in [0.15, 0.2) is 0 Å². The Morgan fingerprint density at radius 1 is 1.57 bits per heavy atom. The van der Waals surface area contributed by atoms with Crippen molar-refractivity contribution in [3.63, 3.8) is 0 Å². The highest BCUT2D eigenvalue weighted by Crippen LogP contribution is 2.09. The topological polar surface area (TPSA) is 65.0 Å². The molecule has 2 saturated heterocycles. The van der Waals surface area contributed by atoms with Gasteiger partial charge in [-0.3, -0.25) is 0 Å². The van der Waals surface area contributed by atoms with Gasteiger partial charge in [0.25, 0.3) is 0 Å². The molecule has 0 spiro atoms. The van der Waals surface area contributed by atoms with Crippen molar-refractivity contribution in [2.45, 2.75) is 32.0 Å². The molecule has 5 heteroatoms. The smallest absolute Gasteiger partial charge is 0.430 e. The first kappa shape index (κ1) is 11.3. The average molecular weight is 204 g/mol. The molecular weight excluding hydrogens is 188 g/mol. The van der Waals surface area contributed by atoms with Gasteiger partial charge >= 0.3 is 6.16 Å². The Morgan fingerprint density at radius 2 is 2.36 bits per heavy atom. The summed E-state index contributed by atoms with van der Waals surface area (Å²) in [5.41, 5.74) is 0. The summed E-state index contributed by atoms with van der Waals surface area (Å²) in [7, 11) is 0. The highest BCUT2D eigenvalue weighted by atomic mass is 16.8. The molecule has 0 bridgehead atoms. The number of aliphatic hydroxyl groups is 1. The quantitative estimate of drug-likeness (QED) is 0.637. The van der Waals surface area contributed by atoms with Crippen molar-refractivity contribution in [1.29, 1.82) is 0 Å². The van der Waals surface area contributed by atoms with Crippen molar-refractivity contribution >= 4 is 6.16 Å². The summed E-state index contributed by atoms with van der Waals surface area (Å²) in [5, 5.41) is 8.44. The highest BCUT2D eigenvalue weighted by molar-refractivity contribution is 5.61. The van der Waals surface area contributed by atoms with Crippen molar-refractivity contribution in [3.8, 4) is 0 Å². The zero-order valence-electron chi connectivity index (χ0n) is 8.27. The molecule has 0 aromatic carbocycles. The average Bonchev–Trinajstić information content (AvgIpc) is 2.78. The van der Waals surface area contributed by atoms with E-state index < -0.39 is 6.16 Å². The summed E-state index contributed by atoms with van der Waals surface area (Å²) in [4.78, 5) is 10.0. The third-order valence-corrected chi connectivity index (χ3v) is 1.96.